The standard InChI is InChI=1S/C14H20N2O3/c1-3-12(15)13(17)16(2)9-8-10-6-4-5-7-11(10)14(18)19/h4-7,12H,3,8-9,15H2,1-2H3,(H,18,19)/t12-/m0/s1. The van der Waals surface area contributed by atoms with Crippen molar-refractivity contribution in [3.63, 3.8) is 0 Å². The molecule has 5 nitrogen and oxygen atoms in total. The summed E-state index contributed by atoms with van der Waals surface area (Å²) in [6, 6.07) is 6.33. The van der Waals surface area contributed by atoms with Crippen LogP contribution in [0.15, 0.2) is 24.3 Å². The number of aromatic carboxylic acids is 1. The molecule has 0 spiro atoms. The minimum atomic E-state index is -0.949. The van der Waals surface area contributed by atoms with Crippen LogP contribution in [0.5, 0.6) is 0 Å². The normalized spacial score (nSPS) is 11.9. The smallest absolute Gasteiger partial charge is 0.335 e. The van der Waals surface area contributed by atoms with Crippen molar-refractivity contribution >= 4 is 11.9 Å². The topological polar surface area (TPSA) is 83.6 Å². The van der Waals surface area contributed by atoms with Crippen molar-refractivity contribution in [1.82, 2.24) is 4.90 Å². The highest BCUT2D eigenvalue weighted by Crippen LogP contribution is 2.10. The number of carboxylic acid groups (broad SMARTS) is 1. The summed E-state index contributed by atoms with van der Waals surface area (Å²) in [4.78, 5) is 24.4. The zero-order chi connectivity index (χ0) is 14.4. The van der Waals surface area contributed by atoms with Gasteiger partial charge in [-0.1, -0.05) is 25.1 Å². The molecule has 0 aromatic heterocycles. The fourth-order valence-electron chi connectivity index (χ4n) is 1.80. The number of rotatable bonds is 6. The molecule has 0 aliphatic heterocycles. The van der Waals surface area contributed by atoms with E-state index in [9.17, 15) is 9.59 Å². The number of nitrogens with zero attached hydrogens (tertiary/aromatic N) is 1. The van der Waals surface area contributed by atoms with Crippen molar-refractivity contribution < 1.29 is 14.7 Å². The first-order valence-electron chi connectivity index (χ1n) is 6.29. The lowest BCUT2D eigenvalue weighted by Gasteiger charge is -2.20. The van der Waals surface area contributed by atoms with E-state index in [1.807, 2.05) is 6.92 Å². The Kier molecular flexibility index (Phi) is 5.51. The van der Waals surface area contributed by atoms with E-state index in [-0.39, 0.29) is 11.5 Å². The predicted molar refractivity (Wildman–Crippen MR) is 73.0 cm³/mol. The molecule has 0 aliphatic rings. The third kappa shape index (κ3) is 4.06. The second kappa shape index (κ2) is 6.89. The van der Waals surface area contributed by atoms with Gasteiger partial charge >= 0.3 is 5.97 Å². The molecule has 1 atom stereocenters. The highest BCUT2D eigenvalue weighted by Gasteiger charge is 2.16. The number of hydrogen-bond acceptors (Lipinski definition) is 3. The van der Waals surface area contributed by atoms with Gasteiger partial charge in [0.2, 0.25) is 5.91 Å². The molecule has 0 saturated heterocycles. The maximum atomic E-state index is 11.8. The summed E-state index contributed by atoms with van der Waals surface area (Å²) in [5, 5.41) is 9.07. The Morgan fingerprint density at radius 1 is 1.37 bits per heavy atom. The van der Waals surface area contributed by atoms with E-state index >= 15 is 0 Å². The molecule has 0 saturated carbocycles. The maximum absolute atomic E-state index is 11.8. The molecule has 3 N–H and O–H groups in total. The lowest BCUT2D eigenvalue weighted by Crippen LogP contribution is -2.42. The Morgan fingerprint density at radius 3 is 2.58 bits per heavy atom. The third-order valence-electron chi connectivity index (χ3n) is 3.10. The number of carbonyl (C=O) groups excluding carboxylic acids is 1. The van der Waals surface area contributed by atoms with Gasteiger partial charge in [0.15, 0.2) is 0 Å². The van der Waals surface area contributed by atoms with E-state index < -0.39 is 12.0 Å². The van der Waals surface area contributed by atoms with Gasteiger partial charge in [0, 0.05) is 13.6 Å². The summed E-state index contributed by atoms with van der Waals surface area (Å²) in [5.41, 5.74) is 6.68. The quantitative estimate of drug-likeness (QED) is 0.806. The first-order chi connectivity index (χ1) is 8.97. The highest BCUT2D eigenvalue weighted by molar-refractivity contribution is 5.89. The minimum absolute atomic E-state index is 0.115. The van der Waals surface area contributed by atoms with E-state index in [4.69, 9.17) is 10.8 Å². The zero-order valence-corrected chi connectivity index (χ0v) is 11.3. The summed E-state index contributed by atoms with van der Waals surface area (Å²) in [5.74, 6) is -1.06. The van der Waals surface area contributed by atoms with E-state index in [1.165, 1.54) is 0 Å². The summed E-state index contributed by atoms with van der Waals surface area (Å²) in [7, 11) is 1.68. The summed E-state index contributed by atoms with van der Waals surface area (Å²) in [6.07, 6.45) is 1.09. The Balaban J connectivity index is 2.67. The molecular weight excluding hydrogens is 244 g/mol. The van der Waals surface area contributed by atoms with Gasteiger partial charge in [0.1, 0.15) is 0 Å². The second-order valence-electron chi connectivity index (χ2n) is 4.49. The number of carbonyl (C=O) groups is 2. The van der Waals surface area contributed by atoms with Crippen molar-refractivity contribution in [1.29, 1.82) is 0 Å². The van der Waals surface area contributed by atoms with Crippen LogP contribution in [0.3, 0.4) is 0 Å². The van der Waals surface area contributed by atoms with Crippen molar-refractivity contribution in [3.05, 3.63) is 35.4 Å². The van der Waals surface area contributed by atoms with Crippen LogP contribution in [0.25, 0.3) is 0 Å². The number of benzene rings is 1. The lowest BCUT2D eigenvalue weighted by atomic mass is 10.0. The predicted octanol–water partition coefficient (Wildman–Crippen LogP) is 1.12. The van der Waals surface area contributed by atoms with Gasteiger partial charge in [0.25, 0.3) is 0 Å². The molecular formula is C14H20N2O3. The molecule has 19 heavy (non-hydrogen) atoms. The van der Waals surface area contributed by atoms with Crippen molar-refractivity contribution in [3.8, 4) is 0 Å². The molecule has 0 radical (unpaired) electrons. The van der Waals surface area contributed by atoms with Gasteiger partial charge in [-0.3, -0.25) is 4.79 Å². The average Bonchev–Trinajstić information content (AvgIpc) is 2.43. The Hall–Kier alpha value is -1.88. The first-order valence-corrected chi connectivity index (χ1v) is 6.29. The first kappa shape index (κ1) is 15.2. The molecule has 104 valence electrons. The second-order valence-corrected chi connectivity index (χ2v) is 4.49. The van der Waals surface area contributed by atoms with Crippen molar-refractivity contribution in [2.75, 3.05) is 13.6 Å². The van der Waals surface area contributed by atoms with Crippen LogP contribution in [0, 0.1) is 0 Å². The molecule has 1 amide bonds. The summed E-state index contributed by atoms with van der Waals surface area (Å²) < 4.78 is 0. The average molecular weight is 264 g/mol. The van der Waals surface area contributed by atoms with Gasteiger partial charge in [-0.25, -0.2) is 4.79 Å². The Labute approximate surface area is 113 Å². The van der Waals surface area contributed by atoms with Crippen LogP contribution >= 0.6 is 0 Å². The van der Waals surface area contributed by atoms with Crippen LogP contribution in [0.1, 0.15) is 29.3 Å². The van der Waals surface area contributed by atoms with Crippen LogP contribution in [-0.4, -0.2) is 41.5 Å². The highest BCUT2D eigenvalue weighted by atomic mass is 16.4. The van der Waals surface area contributed by atoms with Gasteiger partial charge in [-0.05, 0) is 24.5 Å². The van der Waals surface area contributed by atoms with Gasteiger partial charge in [0.05, 0.1) is 11.6 Å². The molecule has 0 aliphatic carbocycles. The molecule has 1 rings (SSSR count). The Bertz CT molecular complexity index is 460. The lowest BCUT2D eigenvalue weighted by molar-refractivity contribution is -0.131. The maximum Gasteiger partial charge on any atom is 0.335 e. The molecule has 0 bridgehead atoms. The molecule has 1 aromatic rings. The third-order valence-corrected chi connectivity index (χ3v) is 3.10. The van der Waals surface area contributed by atoms with Crippen LogP contribution in [-0.2, 0) is 11.2 Å². The van der Waals surface area contributed by atoms with Gasteiger partial charge in [-0.15, -0.1) is 0 Å². The Morgan fingerprint density at radius 2 is 2.00 bits per heavy atom. The number of amides is 1. The summed E-state index contributed by atoms with van der Waals surface area (Å²) >= 11 is 0. The monoisotopic (exact) mass is 264 g/mol. The van der Waals surface area contributed by atoms with E-state index in [0.29, 0.717) is 19.4 Å². The number of hydrogen-bond donors (Lipinski definition) is 2. The van der Waals surface area contributed by atoms with Crippen LogP contribution < -0.4 is 5.73 Å². The number of nitrogens with two attached hydrogens (primary N) is 1. The van der Waals surface area contributed by atoms with Crippen molar-refractivity contribution in [2.45, 2.75) is 25.8 Å². The van der Waals surface area contributed by atoms with Crippen LogP contribution in [0.2, 0.25) is 0 Å². The van der Waals surface area contributed by atoms with E-state index in [0.717, 1.165) is 5.56 Å². The fourth-order valence-corrected chi connectivity index (χ4v) is 1.80. The molecule has 0 unspecified atom stereocenters. The molecule has 1 aromatic carbocycles. The SMILES string of the molecule is CC[C@H](N)C(=O)N(C)CCc1ccccc1C(=O)O. The van der Waals surface area contributed by atoms with Crippen molar-refractivity contribution in [2.24, 2.45) is 5.73 Å². The number of carboxylic acids is 1. The number of likely N-dealkylation sites (N-methyl/N-ethyl adjacent to an activating group) is 1. The van der Waals surface area contributed by atoms with E-state index in [1.54, 1.807) is 36.2 Å². The minimum Gasteiger partial charge on any atom is -0.478 e. The molecule has 0 heterocycles. The molecule has 5 heteroatoms. The van der Waals surface area contributed by atoms with E-state index in [2.05, 4.69) is 0 Å². The van der Waals surface area contributed by atoms with Crippen LogP contribution in [0.4, 0.5) is 0 Å². The molecule has 0 fully saturated rings. The summed E-state index contributed by atoms with van der Waals surface area (Å²) in [6.45, 7) is 2.31. The zero-order valence-electron chi connectivity index (χ0n) is 11.3. The largest absolute Gasteiger partial charge is 0.478 e. The van der Waals surface area contributed by atoms with Gasteiger partial charge < -0.3 is 15.7 Å². The fraction of sp³-hybridized carbons (Fsp3) is 0.429. The van der Waals surface area contributed by atoms with Gasteiger partial charge in [-0.2, -0.15) is 0 Å².